The minimum atomic E-state index is -0.621. The molecule has 0 heterocycles. The van der Waals surface area contributed by atoms with E-state index in [2.05, 4.69) is 28.2 Å². The van der Waals surface area contributed by atoms with Crippen LogP contribution in [-0.2, 0) is 9.53 Å². The van der Waals surface area contributed by atoms with Crippen molar-refractivity contribution in [3.8, 4) is 0 Å². The number of carbonyl (C=O) groups excluding carboxylic acids is 1. The van der Waals surface area contributed by atoms with E-state index in [0.717, 1.165) is 6.42 Å². The predicted molar refractivity (Wildman–Crippen MR) is 114 cm³/mol. The fraction of sp³-hybridized carbons (Fsp3) is 0.952. The van der Waals surface area contributed by atoms with Crippen LogP contribution < -0.4 is 5.32 Å². The van der Waals surface area contributed by atoms with Gasteiger partial charge < -0.3 is 15.2 Å². The Morgan fingerprint density at radius 3 is 1.81 bits per heavy atom. The maximum Gasteiger partial charge on any atom is 0.230 e. The van der Waals surface area contributed by atoms with Gasteiger partial charge >= 0.3 is 0 Å². The first-order chi connectivity index (χ1) is 12.7. The van der Waals surface area contributed by atoms with Crippen molar-refractivity contribution in [3.63, 3.8) is 0 Å². The van der Waals surface area contributed by atoms with E-state index >= 15 is 0 Å². The zero-order valence-electron chi connectivity index (χ0n) is 16.9. The number of alkyl halides is 1. The van der Waals surface area contributed by atoms with E-state index in [1.165, 1.54) is 83.5 Å². The highest BCUT2D eigenvalue weighted by atomic mass is 79.9. The summed E-state index contributed by atoms with van der Waals surface area (Å²) in [5.41, 5.74) is 0. The molecule has 0 aromatic carbocycles. The van der Waals surface area contributed by atoms with Crippen molar-refractivity contribution in [2.45, 2.75) is 103 Å². The number of halogens is 1. The summed E-state index contributed by atoms with van der Waals surface area (Å²) in [6.07, 6.45) is 18.3. The van der Waals surface area contributed by atoms with Gasteiger partial charge in [-0.25, -0.2) is 0 Å². The second-order valence-electron chi connectivity index (χ2n) is 7.26. The number of aliphatic hydroxyl groups is 1. The third-order valence-corrected chi connectivity index (χ3v) is 5.12. The standard InChI is InChI=1S/C21H42BrNO3/c1-2-3-4-5-6-7-8-9-10-11-12-13-14-15-16-26-19-20(24)18-23-21(25)17-22/h20,24H,2-19H2,1H3,(H,23,25). The summed E-state index contributed by atoms with van der Waals surface area (Å²) in [4.78, 5) is 11.0. The minimum Gasteiger partial charge on any atom is -0.389 e. The van der Waals surface area contributed by atoms with Gasteiger partial charge in [0.05, 0.1) is 18.0 Å². The summed E-state index contributed by atoms with van der Waals surface area (Å²) >= 11 is 3.06. The van der Waals surface area contributed by atoms with Crippen molar-refractivity contribution in [2.75, 3.05) is 25.1 Å². The van der Waals surface area contributed by atoms with Crippen LogP contribution in [0.3, 0.4) is 0 Å². The van der Waals surface area contributed by atoms with Crippen LogP contribution in [-0.4, -0.2) is 42.2 Å². The topological polar surface area (TPSA) is 58.6 Å². The van der Waals surface area contributed by atoms with Crippen LogP contribution in [0.2, 0.25) is 0 Å². The first-order valence-corrected chi connectivity index (χ1v) is 11.9. The summed E-state index contributed by atoms with van der Waals surface area (Å²) in [6, 6.07) is 0. The van der Waals surface area contributed by atoms with Gasteiger partial charge in [-0.1, -0.05) is 106 Å². The average Bonchev–Trinajstić information content (AvgIpc) is 2.65. The zero-order chi connectivity index (χ0) is 19.3. The molecule has 0 aliphatic heterocycles. The van der Waals surface area contributed by atoms with E-state index < -0.39 is 6.10 Å². The van der Waals surface area contributed by atoms with E-state index in [9.17, 15) is 9.90 Å². The molecule has 156 valence electrons. The molecule has 0 radical (unpaired) electrons. The van der Waals surface area contributed by atoms with Gasteiger partial charge in [-0.05, 0) is 6.42 Å². The molecule has 26 heavy (non-hydrogen) atoms. The van der Waals surface area contributed by atoms with Crippen molar-refractivity contribution in [1.29, 1.82) is 0 Å². The lowest BCUT2D eigenvalue weighted by atomic mass is 10.0. The molecule has 0 rings (SSSR count). The molecular weight excluding hydrogens is 394 g/mol. The first kappa shape index (κ1) is 25.9. The largest absolute Gasteiger partial charge is 0.389 e. The highest BCUT2D eigenvalue weighted by molar-refractivity contribution is 9.09. The van der Waals surface area contributed by atoms with E-state index in [1.807, 2.05) is 0 Å². The first-order valence-electron chi connectivity index (χ1n) is 10.8. The molecule has 0 saturated heterocycles. The van der Waals surface area contributed by atoms with Crippen molar-refractivity contribution in [2.24, 2.45) is 0 Å². The number of carbonyl (C=O) groups is 1. The molecule has 5 heteroatoms. The molecular formula is C21H42BrNO3. The monoisotopic (exact) mass is 435 g/mol. The smallest absolute Gasteiger partial charge is 0.230 e. The zero-order valence-corrected chi connectivity index (χ0v) is 18.5. The third kappa shape index (κ3) is 20.2. The van der Waals surface area contributed by atoms with Crippen LogP contribution in [0.15, 0.2) is 0 Å². The van der Waals surface area contributed by atoms with E-state index in [-0.39, 0.29) is 17.8 Å². The number of hydrogen-bond donors (Lipinski definition) is 2. The molecule has 0 aliphatic carbocycles. The van der Waals surface area contributed by atoms with Crippen molar-refractivity contribution in [1.82, 2.24) is 5.32 Å². The number of hydrogen-bond acceptors (Lipinski definition) is 3. The van der Waals surface area contributed by atoms with Crippen LogP contribution in [0.25, 0.3) is 0 Å². The van der Waals surface area contributed by atoms with Gasteiger partial charge in [0, 0.05) is 13.2 Å². The molecule has 0 aromatic heterocycles. The summed E-state index contributed by atoms with van der Waals surface area (Å²) in [7, 11) is 0. The van der Waals surface area contributed by atoms with Gasteiger partial charge in [-0.2, -0.15) is 0 Å². The Kier molecular flexibility index (Phi) is 21.1. The lowest BCUT2D eigenvalue weighted by molar-refractivity contribution is -0.119. The van der Waals surface area contributed by atoms with Gasteiger partial charge in [0.2, 0.25) is 5.91 Å². The number of amides is 1. The number of unbranched alkanes of at least 4 members (excludes halogenated alkanes) is 13. The van der Waals surface area contributed by atoms with Gasteiger partial charge in [0.1, 0.15) is 0 Å². The summed E-state index contributed by atoms with van der Waals surface area (Å²) in [5.74, 6) is -0.115. The average molecular weight is 436 g/mol. The Morgan fingerprint density at radius 1 is 0.885 bits per heavy atom. The van der Waals surface area contributed by atoms with E-state index in [1.54, 1.807) is 0 Å². The molecule has 0 aliphatic rings. The molecule has 0 saturated carbocycles. The Bertz CT molecular complexity index is 303. The van der Waals surface area contributed by atoms with E-state index in [0.29, 0.717) is 13.2 Å². The molecule has 0 bridgehead atoms. The van der Waals surface area contributed by atoms with Crippen molar-refractivity contribution >= 4 is 21.8 Å². The lowest BCUT2D eigenvalue weighted by Gasteiger charge is -2.11. The number of rotatable bonds is 20. The Balaban J connectivity index is 3.12. The summed E-state index contributed by atoms with van der Waals surface area (Å²) in [6.45, 7) is 3.51. The quantitative estimate of drug-likeness (QED) is 0.200. The molecule has 1 amide bonds. The molecule has 2 N–H and O–H groups in total. The van der Waals surface area contributed by atoms with Crippen LogP contribution in [0, 0.1) is 0 Å². The van der Waals surface area contributed by atoms with Crippen LogP contribution >= 0.6 is 15.9 Å². The molecule has 0 aromatic rings. The van der Waals surface area contributed by atoms with Crippen LogP contribution in [0.4, 0.5) is 0 Å². The van der Waals surface area contributed by atoms with Gasteiger partial charge in [-0.15, -0.1) is 0 Å². The lowest BCUT2D eigenvalue weighted by Crippen LogP contribution is -2.35. The van der Waals surface area contributed by atoms with Crippen LogP contribution in [0.5, 0.6) is 0 Å². The maximum atomic E-state index is 11.0. The third-order valence-electron chi connectivity index (χ3n) is 4.61. The highest BCUT2D eigenvalue weighted by Gasteiger charge is 2.06. The Morgan fingerprint density at radius 2 is 1.35 bits per heavy atom. The van der Waals surface area contributed by atoms with Gasteiger partial charge in [0.15, 0.2) is 0 Å². The number of ether oxygens (including phenoxy) is 1. The summed E-state index contributed by atoms with van der Waals surface area (Å²) in [5, 5.41) is 12.5. The normalized spacial score (nSPS) is 12.3. The molecule has 0 spiro atoms. The SMILES string of the molecule is CCCCCCCCCCCCCCCCOCC(O)CNC(=O)CBr. The van der Waals surface area contributed by atoms with E-state index in [4.69, 9.17) is 4.74 Å². The highest BCUT2D eigenvalue weighted by Crippen LogP contribution is 2.12. The minimum absolute atomic E-state index is 0.115. The molecule has 1 atom stereocenters. The second kappa shape index (κ2) is 21.2. The Labute approximate surface area is 170 Å². The fourth-order valence-electron chi connectivity index (χ4n) is 2.96. The van der Waals surface area contributed by atoms with Gasteiger partial charge in [-0.3, -0.25) is 4.79 Å². The molecule has 0 fully saturated rings. The second-order valence-corrected chi connectivity index (χ2v) is 7.82. The predicted octanol–water partition coefficient (Wildman–Crippen LogP) is 5.36. The van der Waals surface area contributed by atoms with Crippen molar-refractivity contribution in [3.05, 3.63) is 0 Å². The van der Waals surface area contributed by atoms with Crippen molar-refractivity contribution < 1.29 is 14.6 Å². The van der Waals surface area contributed by atoms with Crippen LogP contribution in [0.1, 0.15) is 96.8 Å². The fourth-order valence-corrected chi connectivity index (χ4v) is 3.15. The molecule has 4 nitrogen and oxygen atoms in total. The number of nitrogens with one attached hydrogen (secondary N) is 1. The Hall–Kier alpha value is -0.130. The number of aliphatic hydroxyl groups excluding tert-OH is 1. The molecule has 1 unspecified atom stereocenters. The van der Waals surface area contributed by atoms with Gasteiger partial charge in [0.25, 0.3) is 0 Å². The maximum absolute atomic E-state index is 11.0. The summed E-state index contributed by atoms with van der Waals surface area (Å²) < 4.78 is 5.46.